The largest absolute Gasteiger partial charge is 0.484 e. The zero-order valence-corrected chi connectivity index (χ0v) is 21.7. The van der Waals surface area contributed by atoms with Gasteiger partial charge in [0.25, 0.3) is 11.8 Å². The smallest absolute Gasteiger partial charge is 0.341 e. The second kappa shape index (κ2) is 12.4. The van der Waals surface area contributed by atoms with E-state index >= 15 is 0 Å². The highest BCUT2D eigenvalue weighted by atomic mass is 35.5. The Hall–Kier alpha value is -4.21. The lowest BCUT2D eigenvalue weighted by molar-refractivity contribution is -0.118. The standard InChI is InChI=1S/C28H22ClFN2O5S/c1-2-36-28(35)25-23(17-3-7-19(29)8-4-17)16-38-27(25)32-24(33)15-37-22-13-5-18(6-14-22)26(34)31-21-11-9-20(30)10-12-21/h3-14,16H,2,15H2,1H3,(H,31,34)(H,32,33). The normalized spacial score (nSPS) is 10.5. The van der Waals surface area contributed by atoms with Crippen LogP contribution in [-0.2, 0) is 9.53 Å². The van der Waals surface area contributed by atoms with Crippen molar-refractivity contribution in [3.05, 3.63) is 100 Å². The molecule has 194 valence electrons. The fourth-order valence-electron chi connectivity index (χ4n) is 3.45. The topological polar surface area (TPSA) is 93.7 Å². The van der Waals surface area contributed by atoms with Gasteiger partial charge in [-0.2, -0.15) is 0 Å². The molecule has 0 fully saturated rings. The maximum Gasteiger partial charge on any atom is 0.341 e. The Morgan fingerprint density at radius 1 is 0.921 bits per heavy atom. The minimum Gasteiger partial charge on any atom is -0.484 e. The lowest BCUT2D eigenvalue weighted by atomic mass is 10.0. The molecule has 0 atom stereocenters. The van der Waals surface area contributed by atoms with Crippen molar-refractivity contribution in [2.24, 2.45) is 0 Å². The number of carbonyl (C=O) groups is 3. The van der Waals surface area contributed by atoms with Crippen LogP contribution in [0.1, 0.15) is 27.6 Å². The first-order valence-electron chi connectivity index (χ1n) is 11.5. The van der Waals surface area contributed by atoms with E-state index in [4.69, 9.17) is 21.1 Å². The van der Waals surface area contributed by atoms with Crippen LogP contribution in [0.25, 0.3) is 11.1 Å². The first kappa shape index (κ1) is 26.8. The Morgan fingerprint density at radius 3 is 2.26 bits per heavy atom. The van der Waals surface area contributed by atoms with Gasteiger partial charge in [0.15, 0.2) is 6.61 Å². The number of amides is 2. The van der Waals surface area contributed by atoms with Gasteiger partial charge in [0.2, 0.25) is 0 Å². The van der Waals surface area contributed by atoms with Crippen LogP contribution < -0.4 is 15.4 Å². The third-order valence-electron chi connectivity index (χ3n) is 5.27. The number of halogens is 2. The van der Waals surface area contributed by atoms with E-state index in [9.17, 15) is 18.8 Å². The second-order valence-corrected chi connectivity index (χ2v) is 9.22. The summed E-state index contributed by atoms with van der Waals surface area (Å²) in [6.07, 6.45) is 0. The summed E-state index contributed by atoms with van der Waals surface area (Å²) in [6, 6.07) is 18.6. The minimum absolute atomic E-state index is 0.184. The first-order valence-corrected chi connectivity index (χ1v) is 12.7. The molecule has 7 nitrogen and oxygen atoms in total. The molecule has 2 N–H and O–H groups in total. The summed E-state index contributed by atoms with van der Waals surface area (Å²) in [5.74, 6) is -1.42. The van der Waals surface area contributed by atoms with Crippen molar-refractivity contribution in [1.82, 2.24) is 0 Å². The number of anilines is 2. The summed E-state index contributed by atoms with van der Waals surface area (Å²) >= 11 is 7.18. The van der Waals surface area contributed by atoms with Crippen molar-refractivity contribution < 1.29 is 28.2 Å². The molecule has 0 saturated carbocycles. The summed E-state index contributed by atoms with van der Waals surface area (Å²) in [4.78, 5) is 37.7. The van der Waals surface area contributed by atoms with Crippen LogP contribution in [0.2, 0.25) is 5.02 Å². The molecule has 0 spiro atoms. The van der Waals surface area contributed by atoms with Gasteiger partial charge in [-0.3, -0.25) is 9.59 Å². The van der Waals surface area contributed by atoms with Crippen molar-refractivity contribution in [2.75, 3.05) is 23.8 Å². The molecule has 0 aliphatic rings. The fourth-order valence-corrected chi connectivity index (χ4v) is 4.55. The lowest BCUT2D eigenvalue weighted by Gasteiger charge is -2.10. The van der Waals surface area contributed by atoms with E-state index in [1.165, 1.54) is 35.6 Å². The van der Waals surface area contributed by atoms with Crippen molar-refractivity contribution in [3.63, 3.8) is 0 Å². The molecule has 0 aliphatic heterocycles. The van der Waals surface area contributed by atoms with Gasteiger partial charge in [-0.15, -0.1) is 11.3 Å². The first-order chi connectivity index (χ1) is 18.3. The molecule has 0 aliphatic carbocycles. The summed E-state index contributed by atoms with van der Waals surface area (Å²) in [5, 5.41) is 8.06. The summed E-state index contributed by atoms with van der Waals surface area (Å²) in [7, 11) is 0. The number of hydrogen-bond acceptors (Lipinski definition) is 6. The van der Waals surface area contributed by atoms with Gasteiger partial charge in [0, 0.05) is 27.2 Å². The number of esters is 1. The molecule has 0 saturated heterocycles. The number of nitrogens with one attached hydrogen (secondary N) is 2. The molecule has 1 heterocycles. The Kier molecular flexibility index (Phi) is 8.73. The molecule has 0 radical (unpaired) electrons. The van der Waals surface area contributed by atoms with Gasteiger partial charge >= 0.3 is 5.97 Å². The minimum atomic E-state index is -0.551. The van der Waals surface area contributed by atoms with E-state index in [0.717, 1.165) is 5.56 Å². The van der Waals surface area contributed by atoms with E-state index in [0.29, 0.717) is 32.6 Å². The maximum absolute atomic E-state index is 13.0. The summed E-state index contributed by atoms with van der Waals surface area (Å²) in [6.45, 7) is 1.57. The molecule has 10 heteroatoms. The van der Waals surface area contributed by atoms with E-state index in [-0.39, 0.29) is 24.7 Å². The molecule has 4 aromatic rings. The zero-order valence-electron chi connectivity index (χ0n) is 20.1. The molecule has 0 bridgehead atoms. The fraction of sp³-hybridized carbons (Fsp3) is 0.107. The Morgan fingerprint density at radius 2 is 1.61 bits per heavy atom. The number of hydrogen-bond donors (Lipinski definition) is 2. The van der Waals surface area contributed by atoms with Gasteiger partial charge in [0.05, 0.1) is 6.61 Å². The van der Waals surface area contributed by atoms with Crippen molar-refractivity contribution in [2.45, 2.75) is 6.92 Å². The third-order valence-corrected chi connectivity index (χ3v) is 6.41. The molecule has 1 aromatic heterocycles. The van der Waals surface area contributed by atoms with Gasteiger partial charge < -0.3 is 20.1 Å². The van der Waals surface area contributed by atoms with E-state index in [2.05, 4.69) is 10.6 Å². The molecular formula is C28H22ClFN2O5S. The Labute approximate surface area is 227 Å². The Balaban J connectivity index is 1.39. The predicted octanol–water partition coefficient (Wildman–Crippen LogP) is 6.65. The zero-order chi connectivity index (χ0) is 27.1. The highest BCUT2D eigenvalue weighted by Crippen LogP contribution is 2.36. The van der Waals surface area contributed by atoms with E-state index in [1.807, 2.05) is 0 Å². The highest BCUT2D eigenvalue weighted by Gasteiger charge is 2.23. The van der Waals surface area contributed by atoms with Crippen LogP contribution in [0.5, 0.6) is 5.75 Å². The number of benzene rings is 3. The summed E-state index contributed by atoms with van der Waals surface area (Å²) in [5.41, 5.74) is 2.45. The van der Waals surface area contributed by atoms with Crippen LogP contribution in [0.4, 0.5) is 15.1 Å². The monoisotopic (exact) mass is 552 g/mol. The lowest BCUT2D eigenvalue weighted by Crippen LogP contribution is -2.21. The molecule has 3 aromatic carbocycles. The third kappa shape index (κ3) is 6.76. The quantitative estimate of drug-likeness (QED) is 0.227. The average Bonchev–Trinajstić information content (AvgIpc) is 3.33. The Bertz CT molecular complexity index is 1440. The molecule has 2 amide bonds. The van der Waals surface area contributed by atoms with Gasteiger partial charge in [-0.1, -0.05) is 23.7 Å². The van der Waals surface area contributed by atoms with Gasteiger partial charge in [-0.05, 0) is 73.2 Å². The molecule has 4 rings (SSSR count). The van der Waals surface area contributed by atoms with E-state index < -0.39 is 17.7 Å². The van der Waals surface area contributed by atoms with E-state index in [1.54, 1.807) is 60.8 Å². The molecular weight excluding hydrogens is 531 g/mol. The van der Waals surface area contributed by atoms with Crippen LogP contribution in [-0.4, -0.2) is 31.0 Å². The van der Waals surface area contributed by atoms with Crippen LogP contribution in [0, 0.1) is 5.82 Å². The SMILES string of the molecule is CCOC(=O)c1c(-c2ccc(Cl)cc2)csc1NC(=O)COc1ccc(C(=O)Nc2ccc(F)cc2)cc1. The predicted molar refractivity (Wildman–Crippen MR) is 146 cm³/mol. The maximum atomic E-state index is 13.0. The number of carbonyl (C=O) groups excluding carboxylic acids is 3. The van der Waals surface area contributed by atoms with Crippen LogP contribution in [0.15, 0.2) is 78.2 Å². The number of ether oxygens (including phenoxy) is 2. The number of rotatable bonds is 9. The molecule has 38 heavy (non-hydrogen) atoms. The molecule has 0 unspecified atom stereocenters. The average molecular weight is 553 g/mol. The highest BCUT2D eigenvalue weighted by molar-refractivity contribution is 7.15. The van der Waals surface area contributed by atoms with Crippen molar-refractivity contribution in [3.8, 4) is 16.9 Å². The second-order valence-electron chi connectivity index (χ2n) is 7.90. The van der Waals surface area contributed by atoms with Crippen LogP contribution >= 0.6 is 22.9 Å². The van der Waals surface area contributed by atoms with Crippen molar-refractivity contribution in [1.29, 1.82) is 0 Å². The number of thiophene rings is 1. The summed E-state index contributed by atoms with van der Waals surface area (Å²) < 4.78 is 23.8. The van der Waals surface area contributed by atoms with Crippen molar-refractivity contribution >= 4 is 51.4 Å². The van der Waals surface area contributed by atoms with Crippen LogP contribution in [0.3, 0.4) is 0 Å². The van der Waals surface area contributed by atoms with Gasteiger partial charge in [-0.25, -0.2) is 9.18 Å². The van der Waals surface area contributed by atoms with Gasteiger partial charge in [0.1, 0.15) is 22.1 Å².